The number of piperidine rings is 1. The van der Waals surface area contributed by atoms with Crippen molar-refractivity contribution in [2.45, 2.75) is 51.6 Å². The van der Waals surface area contributed by atoms with Crippen LogP contribution >= 0.6 is 0 Å². The van der Waals surface area contributed by atoms with Crippen LogP contribution in [-0.2, 0) is 18.4 Å². The van der Waals surface area contributed by atoms with Gasteiger partial charge in [-0.15, -0.1) is 10.2 Å². The predicted octanol–water partition coefficient (Wildman–Crippen LogP) is 1.34. The van der Waals surface area contributed by atoms with E-state index in [2.05, 4.69) is 15.1 Å². The van der Waals surface area contributed by atoms with E-state index in [0.29, 0.717) is 6.04 Å². The van der Waals surface area contributed by atoms with Crippen molar-refractivity contribution in [1.82, 2.24) is 19.7 Å². The summed E-state index contributed by atoms with van der Waals surface area (Å²) in [6.45, 7) is 3.73. The van der Waals surface area contributed by atoms with Crippen LogP contribution in [0.1, 0.15) is 43.8 Å². The number of carbonyl (C=O) groups is 1. The summed E-state index contributed by atoms with van der Waals surface area (Å²) in [6, 6.07) is 0.363. The Morgan fingerprint density at radius 3 is 2.84 bits per heavy atom. The van der Waals surface area contributed by atoms with Gasteiger partial charge in [0.15, 0.2) is 0 Å². The first kappa shape index (κ1) is 14.0. The SMILES string of the molecule is Cc1nnc(CN2CCCCC2CCC(=O)O)n1C. The molecule has 0 aliphatic carbocycles. The molecule has 0 bridgehead atoms. The van der Waals surface area contributed by atoms with Gasteiger partial charge in [-0.25, -0.2) is 0 Å². The van der Waals surface area contributed by atoms with Gasteiger partial charge in [-0.1, -0.05) is 6.42 Å². The van der Waals surface area contributed by atoms with E-state index in [1.54, 1.807) is 0 Å². The maximum Gasteiger partial charge on any atom is 0.303 e. The maximum atomic E-state index is 10.7. The van der Waals surface area contributed by atoms with Crippen LogP contribution in [0.3, 0.4) is 0 Å². The Balaban J connectivity index is 1.99. The van der Waals surface area contributed by atoms with Gasteiger partial charge >= 0.3 is 5.97 Å². The Bertz CT molecular complexity index is 444. The van der Waals surface area contributed by atoms with Crippen LogP contribution in [0.15, 0.2) is 0 Å². The summed E-state index contributed by atoms with van der Waals surface area (Å²) in [4.78, 5) is 13.1. The summed E-state index contributed by atoms with van der Waals surface area (Å²) in [7, 11) is 1.97. The number of hydrogen-bond donors (Lipinski definition) is 1. The molecular formula is C13H22N4O2. The molecule has 1 aliphatic heterocycles. The molecule has 0 amide bonds. The van der Waals surface area contributed by atoms with Crippen molar-refractivity contribution >= 4 is 5.97 Å². The second kappa shape index (κ2) is 6.14. The molecule has 1 atom stereocenters. The number of carboxylic acids is 1. The van der Waals surface area contributed by atoms with Crippen LogP contribution in [0.4, 0.5) is 0 Å². The molecular weight excluding hydrogens is 244 g/mol. The fourth-order valence-corrected chi connectivity index (χ4v) is 2.66. The number of rotatable bonds is 5. The van der Waals surface area contributed by atoms with Crippen molar-refractivity contribution in [3.05, 3.63) is 11.6 Å². The molecule has 1 saturated heterocycles. The topological polar surface area (TPSA) is 71.2 Å². The van der Waals surface area contributed by atoms with E-state index in [4.69, 9.17) is 5.11 Å². The van der Waals surface area contributed by atoms with Gasteiger partial charge in [0.05, 0.1) is 6.54 Å². The summed E-state index contributed by atoms with van der Waals surface area (Å²) in [5.74, 6) is 1.16. The lowest BCUT2D eigenvalue weighted by Gasteiger charge is -2.35. The molecule has 2 rings (SSSR count). The number of aryl methyl sites for hydroxylation is 1. The summed E-state index contributed by atoms with van der Waals surface area (Å²) in [6.07, 6.45) is 4.44. The zero-order chi connectivity index (χ0) is 13.8. The van der Waals surface area contributed by atoms with Crippen molar-refractivity contribution in [2.24, 2.45) is 7.05 Å². The number of aromatic nitrogens is 3. The molecule has 19 heavy (non-hydrogen) atoms. The normalized spacial score (nSPS) is 20.6. The first-order valence-corrected chi connectivity index (χ1v) is 6.88. The molecule has 1 unspecified atom stereocenters. The molecule has 1 aliphatic rings. The summed E-state index contributed by atoms with van der Waals surface area (Å²) in [5.41, 5.74) is 0. The summed E-state index contributed by atoms with van der Waals surface area (Å²) >= 11 is 0. The highest BCUT2D eigenvalue weighted by Gasteiger charge is 2.24. The van der Waals surface area contributed by atoms with Gasteiger partial charge in [-0.3, -0.25) is 9.69 Å². The zero-order valence-corrected chi connectivity index (χ0v) is 11.7. The third-order valence-electron chi connectivity index (χ3n) is 3.97. The van der Waals surface area contributed by atoms with Crippen LogP contribution in [-0.4, -0.2) is 43.3 Å². The molecule has 6 nitrogen and oxygen atoms in total. The molecule has 1 fully saturated rings. The van der Waals surface area contributed by atoms with Gasteiger partial charge in [0, 0.05) is 19.5 Å². The minimum atomic E-state index is -0.708. The highest BCUT2D eigenvalue weighted by atomic mass is 16.4. The first-order chi connectivity index (χ1) is 9.08. The van der Waals surface area contributed by atoms with E-state index in [-0.39, 0.29) is 6.42 Å². The molecule has 0 aromatic carbocycles. The Labute approximate surface area is 113 Å². The van der Waals surface area contributed by atoms with Gasteiger partial charge in [0.1, 0.15) is 11.6 Å². The summed E-state index contributed by atoms with van der Waals surface area (Å²) < 4.78 is 2.00. The van der Waals surface area contributed by atoms with E-state index in [0.717, 1.165) is 37.6 Å². The van der Waals surface area contributed by atoms with E-state index in [1.165, 1.54) is 12.8 Å². The molecule has 0 radical (unpaired) electrons. The molecule has 2 heterocycles. The summed E-state index contributed by atoms with van der Waals surface area (Å²) in [5, 5.41) is 17.1. The lowest BCUT2D eigenvalue weighted by atomic mass is 9.98. The molecule has 1 aromatic rings. The van der Waals surface area contributed by atoms with Crippen LogP contribution in [0.2, 0.25) is 0 Å². The van der Waals surface area contributed by atoms with Crippen molar-refractivity contribution in [3.8, 4) is 0 Å². The van der Waals surface area contributed by atoms with Crippen LogP contribution in [0, 0.1) is 6.92 Å². The average molecular weight is 266 g/mol. The van der Waals surface area contributed by atoms with Crippen LogP contribution < -0.4 is 0 Å². The third-order valence-corrected chi connectivity index (χ3v) is 3.97. The van der Waals surface area contributed by atoms with Crippen LogP contribution in [0.25, 0.3) is 0 Å². The van der Waals surface area contributed by atoms with Crippen molar-refractivity contribution in [3.63, 3.8) is 0 Å². The van der Waals surface area contributed by atoms with Crippen molar-refractivity contribution < 1.29 is 9.90 Å². The van der Waals surface area contributed by atoms with Crippen molar-refractivity contribution in [2.75, 3.05) is 6.54 Å². The Morgan fingerprint density at radius 1 is 1.42 bits per heavy atom. The van der Waals surface area contributed by atoms with E-state index >= 15 is 0 Å². The zero-order valence-electron chi connectivity index (χ0n) is 11.7. The standard InChI is InChI=1S/C13H22N4O2/c1-10-14-15-12(16(10)2)9-17-8-4-3-5-11(17)6-7-13(18)19/h11H,3-9H2,1-2H3,(H,18,19). The minimum Gasteiger partial charge on any atom is -0.481 e. The fraction of sp³-hybridized carbons (Fsp3) is 0.769. The number of hydrogen-bond acceptors (Lipinski definition) is 4. The third kappa shape index (κ3) is 3.53. The maximum absolute atomic E-state index is 10.7. The molecule has 1 aromatic heterocycles. The molecule has 1 N–H and O–H groups in total. The number of likely N-dealkylation sites (tertiary alicyclic amines) is 1. The lowest BCUT2D eigenvalue weighted by molar-refractivity contribution is -0.137. The number of nitrogens with zero attached hydrogens (tertiary/aromatic N) is 4. The van der Waals surface area contributed by atoms with Gasteiger partial charge in [-0.05, 0) is 32.7 Å². The highest BCUT2D eigenvalue weighted by Crippen LogP contribution is 2.22. The second-order valence-electron chi connectivity index (χ2n) is 5.27. The van der Waals surface area contributed by atoms with Gasteiger partial charge in [-0.2, -0.15) is 0 Å². The predicted molar refractivity (Wildman–Crippen MR) is 70.7 cm³/mol. The van der Waals surface area contributed by atoms with Crippen molar-refractivity contribution in [1.29, 1.82) is 0 Å². The molecule has 106 valence electrons. The Hall–Kier alpha value is -1.43. The van der Waals surface area contributed by atoms with Crippen LogP contribution in [0.5, 0.6) is 0 Å². The van der Waals surface area contributed by atoms with Gasteiger partial charge in [0.2, 0.25) is 0 Å². The minimum absolute atomic E-state index is 0.249. The smallest absolute Gasteiger partial charge is 0.303 e. The van der Waals surface area contributed by atoms with Gasteiger partial charge in [0.25, 0.3) is 0 Å². The fourth-order valence-electron chi connectivity index (χ4n) is 2.66. The van der Waals surface area contributed by atoms with E-state index in [9.17, 15) is 4.79 Å². The lowest BCUT2D eigenvalue weighted by Crippen LogP contribution is -2.39. The number of aliphatic carboxylic acids is 1. The number of carboxylic acid groups (broad SMARTS) is 1. The quantitative estimate of drug-likeness (QED) is 0.871. The van der Waals surface area contributed by atoms with E-state index in [1.807, 2.05) is 18.5 Å². The first-order valence-electron chi connectivity index (χ1n) is 6.88. The second-order valence-corrected chi connectivity index (χ2v) is 5.27. The largest absolute Gasteiger partial charge is 0.481 e. The molecule has 0 spiro atoms. The Kier molecular flexibility index (Phi) is 4.52. The molecule has 6 heteroatoms. The Morgan fingerprint density at radius 2 is 2.21 bits per heavy atom. The molecule has 0 saturated carbocycles. The highest BCUT2D eigenvalue weighted by molar-refractivity contribution is 5.66. The van der Waals surface area contributed by atoms with Gasteiger partial charge < -0.3 is 9.67 Å². The monoisotopic (exact) mass is 266 g/mol. The average Bonchev–Trinajstić information content (AvgIpc) is 2.70. The van der Waals surface area contributed by atoms with E-state index < -0.39 is 5.97 Å².